The highest BCUT2D eigenvalue weighted by molar-refractivity contribution is 5.66. The molecule has 0 spiro atoms. The molecule has 2 nitrogen and oxygen atoms in total. The van der Waals surface area contributed by atoms with Gasteiger partial charge in [0.15, 0.2) is 0 Å². The van der Waals surface area contributed by atoms with E-state index in [0.717, 1.165) is 0 Å². The van der Waals surface area contributed by atoms with Crippen molar-refractivity contribution >= 4 is 6.15 Å². The lowest BCUT2D eigenvalue weighted by Gasteiger charge is -2.04. The molecule has 0 fully saturated rings. The van der Waals surface area contributed by atoms with Crippen molar-refractivity contribution in [2.45, 2.75) is 6.92 Å². The molecule has 2 rings (SSSR count). The van der Waals surface area contributed by atoms with E-state index in [2.05, 4.69) is 55.5 Å². The average Bonchev–Trinajstić information content (AvgIpc) is 2.32. The second-order valence-corrected chi connectivity index (χ2v) is 3.26. The lowest BCUT2D eigenvalue weighted by atomic mass is 10.0. The summed E-state index contributed by atoms with van der Waals surface area (Å²) in [4.78, 5) is 16.2. The summed E-state index contributed by atoms with van der Waals surface area (Å²) in [5, 5.41) is 0. The van der Waals surface area contributed by atoms with Gasteiger partial charge < -0.3 is 0 Å². The van der Waals surface area contributed by atoms with Crippen molar-refractivity contribution in [3.05, 3.63) is 60.2 Å². The lowest BCUT2D eigenvalue weighted by Crippen LogP contribution is -1.80. The zero-order chi connectivity index (χ0) is 11.8. The van der Waals surface area contributed by atoms with Crippen molar-refractivity contribution in [1.82, 2.24) is 0 Å². The van der Waals surface area contributed by atoms with Crippen LogP contribution in [0.1, 0.15) is 5.56 Å². The van der Waals surface area contributed by atoms with Crippen LogP contribution in [0.5, 0.6) is 0 Å². The van der Waals surface area contributed by atoms with E-state index in [4.69, 9.17) is 9.59 Å². The summed E-state index contributed by atoms with van der Waals surface area (Å²) < 4.78 is 0. The Bertz CT molecular complexity index is 469. The van der Waals surface area contributed by atoms with Crippen LogP contribution in [-0.2, 0) is 9.59 Å². The van der Waals surface area contributed by atoms with Gasteiger partial charge in [0.1, 0.15) is 0 Å². The van der Waals surface area contributed by atoms with Gasteiger partial charge in [-0.25, -0.2) is 0 Å². The normalized spacial score (nSPS) is 8.56. The largest absolute Gasteiger partial charge is 0.373 e. The lowest BCUT2D eigenvalue weighted by molar-refractivity contribution is -0.191. The second-order valence-electron chi connectivity index (χ2n) is 3.26. The van der Waals surface area contributed by atoms with E-state index in [1.807, 2.05) is 6.07 Å². The van der Waals surface area contributed by atoms with E-state index >= 15 is 0 Å². The number of rotatable bonds is 1. The zero-order valence-electron chi connectivity index (χ0n) is 9.01. The first kappa shape index (κ1) is 11.9. The number of hydrogen-bond acceptors (Lipinski definition) is 2. The van der Waals surface area contributed by atoms with Gasteiger partial charge in [0, 0.05) is 0 Å². The molecule has 0 amide bonds. The van der Waals surface area contributed by atoms with E-state index in [1.165, 1.54) is 16.7 Å². The molecule has 80 valence electrons. The molecule has 0 heterocycles. The summed E-state index contributed by atoms with van der Waals surface area (Å²) in [7, 11) is 0. The van der Waals surface area contributed by atoms with E-state index in [0.29, 0.717) is 0 Å². The molecule has 2 aromatic carbocycles. The van der Waals surface area contributed by atoms with Gasteiger partial charge in [-0.1, -0.05) is 54.6 Å². The van der Waals surface area contributed by atoms with Crippen LogP contribution in [-0.4, -0.2) is 6.15 Å². The molecule has 0 aliphatic carbocycles. The van der Waals surface area contributed by atoms with Crippen LogP contribution in [0.4, 0.5) is 0 Å². The monoisotopic (exact) mass is 212 g/mol. The van der Waals surface area contributed by atoms with E-state index in [-0.39, 0.29) is 6.15 Å². The van der Waals surface area contributed by atoms with Crippen LogP contribution in [0.3, 0.4) is 0 Å². The quantitative estimate of drug-likeness (QED) is 0.728. The maximum absolute atomic E-state index is 8.12. The Morgan fingerprint density at radius 2 is 1.31 bits per heavy atom. The summed E-state index contributed by atoms with van der Waals surface area (Å²) in [6.45, 7) is 2.14. The smallest absolute Gasteiger partial charge is 0.186 e. The number of benzene rings is 2. The van der Waals surface area contributed by atoms with Crippen LogP contribution in [0.15, 0.2) is 54.6 Å². The highest BCUT2D eigenvalue weighted by Crippen LogP contribution is 2.21. The van der Waals surface area contributed by atoms with Crippen LogP contribution in [0.25, 0.3) is 11.1 Å². The van der Waals surface area contributed by atoms with Crippen LogP contribution < -0.4 is 0 Å². The Labute approximate surface area is 94.5 Å². The van der Waals surface area contributed by atoms with E-state index < -0.39 is 0 Å². The molecule has 0 saturated heterocycles. The fourth-order valence-corrected chi connectivity index (χ4v) is 1.51. The Hall–Kier alpha value is -2.18. The van der Waals surface area contributed by atoms with Crippen molar-refractivity contribution in [3.8, 4) is 11.1 Å². The van der Waals surface area contributed by atoms with Gasteiger partial charge in [-0.3, -0.25) is 0 Å². The molecule has 0 N–H and O–H groups in total. The molecule has 0 bridgehead atoms. The molecule has 16 heavy (non-hydrogen) atoms. The molecule has 0 aliphatic heterocycles. The Balaban J connectivity index is 0.000000386. The fourth-order valence-electron chi connectivity index (χ4n) is 1.51. The van der Waals surface area contributed by atoms with Gasteiger partial charge >= 0.3 is 6.15 Å². The maximum Gasteiger partial charge on any atom is 0.373 e. The van der Waals surface area contributed by atoms with E-state index in [1.54, 1.807) is 0 Å². The van der Waals surface area contributed by atoms with Gasteiger partial charge in [0.05, 0.1) is 0 Å². The molecule has 2 heteroatoms. The minimum absolute atomic E-state index is 0.250. The molecule has 0 unspecified atom stereocenters. The first-order chi connectivity index (χ1) is 7.79. The predicted octanol–water partition coefficient (Wildman–Crippen LogP) is 3.08. The van der Waals surface area contributed by atoms with Crippen LogP contribution in [0.2, 0.25) is 0 Å². The highest BCUT2D eigenvalue weighted by Gasteiger charge is 1.97. The minimum atomic E-state index is 0.250. The van der Waals surface area contributed by atoms with Crippen molar-refractivity contribution in [2.24, 2.45) is 0 Å². The van der Waals surface area contributed by atoms with Crippen LogP contribution in [0, 0.1) is 6.92 Å². The first-order valence-corrected chi connectivity index (χ1v) is 4.90. The van der Waals surface area contributed by atoms with Crippen LogP contribution >= 0.6 is 0 Å². The Morgan fingerprint density at radius 3 is 1.88 bits per heavy atom. The topological polar surface area (TPSA) is 34.1 Å². The van der Waals surface area contributed by atoms with Crippen molar-refractivity contribution in [3.63, 3.8) is 0 Å². The standard InChI is InChI=1S/C13H12.CO2/c1-11-7-5-6-10-13(11)12-8-3-2-4-9-12;2-1-3/h2-10H,1H3;. The number of carbonyl (C=O) groups excluding carboxylic acids is 2. The third-order valence-corrected chi connectivity index (χ3v) is 2.23. The van der Waals surface area contributed by atoms with E-state index in [9.17, 15) is 0 Å². The summed E-state index contributed by atoms with van der Waals surface area (Å²) in [5.41, 5.74) is 3.94. The fraction of sp³-hybridized carbons (Fsp3) is 0.0714. The summed E-state index contributed by atoms with van der Waals surface area (Å²) in [6.07, 6.45) is 0.250. The Kier molecular flexibility index (Phi) is 4.71. The zero-order valence-corrected chi connectivity index (χ0v) is 9.01. The second kappa shape index (κ2) is 6.33. The third-order valence-electron chi connectivity index (χ3n) is 2.23. The van der Waals surface area contributed by atoms with Gasteiger partial charge in [0.2, 0.25) is 0 Å². The average molecular weight is 212 g/mol. The summed E-state index contributed by atoms with van der Waals surface area (Å²) in [5.74, 6) is 0. The molecule has 0 atom stereocenters. The van der Waals surface area contributed by atoms with Gasteiger partial charge in [-0.2, -0.15) is 9.59 Å². The molecular formula is C14H12O2. The predicted molar refractivity (Wildman–Crippen MR) is 61.6 cm³/mol. The SMILES string of the molecule is Cc1ccccc1-c1ccccc1.O=C=O. The number of aryl methyl sites for hydroxylation is 1. The third kappa shape index (κ3) is 3.19. The van der Waals surface area contributed by atoms with Crippen molar-refractivity contribution in [1.29, 1.82) is 0 Å². The van der Waals surface area contributed by atoms with Gasteiger partial charge in [-0.15, -0.1) is 0 Å². The van der Waals surface area contributed by atoms with Gasteiger partial charge in [0.25, 0.3) is 0 Å². The maximum atomic E-state index is 8.12. The summed E-state index contributed by atoms with van der Waals surface area (Å²) >= 11 is 0. The number of hydrogen-bond donors (Lipinski definition) is 0. The molecule has 2 aromatic rings. The Morgan fingerprint density at radius 1 is 0.812 bits per heavy atom. The summed E-state index contributed by atoms with van der Waals surface area (Å²) in [6, 6.07) is 18.9. The molecule has 0 aromatic heterocycles. The molecule has 0 saturated carbocycles. The van der Waals surface area contributed by atoms with Crippen molar-refractivity contribution < 1.29 is 9.59 Å². The molecule has 0 aliphatic rings. The minimum Gasteiger partial charge on any atom is -0.186 e. The molecule has 0 radical (unpaired) electrons. The van der Waals surface area contributed by atoms with Crippen molar-refractivity contribution in [2.75, 3.05) is 0 Å². The first-order valence-electron chi connectivity index (χ1n) is 4.90. The highest BCUT2D eigenvalue weighted by atomic mass is 16.2. The van der Waals surface area contributed by atoms with Gasteiger partial charge in [-0.05, 0) is 23.6 Å². The molecular weight excluding hydrogens is 200 g/mol.